The Morgan fingerprint density at radius 3 is 2.05 bits per heavy atom. The third-order valence-electron chi connectivity index (χ3n) is 6.26. The molecule has 0 saturated heterocycles. The lowest BCUT2D eigenvalue weighted by Crippen LogP contribution is -2.34. The van der Waals surface area contributed by atoms with Gasteiger partial charge >= 0.3 is 5.97 Å². The molecule has 0 unspecified atom stereocenters. The average Bonchev–Trinajstić information content (AvgIpc) is 3.01. The Kier molecular flexibility index (Phi) is 15.8. The Labute approximate surface area is 252 Å². The average molecular weight is 596 g/mol. The summed E-state index contributed by atoms with van der Waals surface area (Å²) in [6, 6.07) is 15.2. The molecular formula is C32H41N3O8. The standard InChI is InChI=1S/C32H41N3O8/c33-14-17-40-20-22-42-24-23-41-21-19-39-16-13-32(38)43-18-15-34-30(36)11-12-31(37)35-25-28-7-2-1-5-26(28)9-10-27-6-3-4-8-29(27)35/h1-8H,11-25,33H2,(H,34,36). The summed E-state index contributed by atoms with van der Waals surface area (Å²) in [5.41, 5.74) is 8.64. The number of carbonyl (C=O) groups is 3. The first kappa shape index (κ1) is 33.7. The zero-order valence-corrected chi connectivity index (χ0v) is 24.5. The molecule has 11 heteroatoms. The van der Waals surface area contributed by atoms with E-state index in [1.54, 1.807) is 4.90 Å². The number of nitrogens with two attached hydrogens (primary N) is 1. The molecule has 3 rings (SSSR count). The number of rotatable bonds is 20. The van der Waals surface area contributed by atoms with Crippen molar-refractivity contribution in [2.24, 2.45) is 5.73 Å². The number of amides is 2. The van der Waals surface area contributed by atoms with Gasteiger partial charge in [0.15, 0.2) is 0 Å². The highest BCUT2D eigenvalue weighted by Crippen LogP contribution is 2.26. The predicted octanol–water partition coefficient (Wildman–Crippen LogP) is 1.79. The van der Waals surface area contributed by atoms with E-state index >= 15 is 0 Å². The van der Waals surface area contributed by atoms with Gasteiger partial charge in [0.2, 0.25) is 11.8 Å². The maximum Gasteiger partial charge on any atom is 0.308 e. The molecule has 3 N–H and O–H groups in total. The van der Waals surface area contributed by atoms with Gasteiger partial charge in [0.05, 0.1) is 78.1 Å². The van der Waals surface area contributed by atoms with Gasteiger partial charge in [-0.1, -0.05) is 42.2 Å². The number of fused-ring (bicyclic) bond motifs is 2. The van der Waals surface area contributed by atoms with Crippen LogP contribution in [0.5, 0.6) is 0 Å². The van der Waals surface area contributed by atoms with E-state index in [0.29, 0.717) is 59.3 Å². The maximum atomic E-state index is 13.2. The molecule has 0 aliphatic carbocycles. The number of hydrogen-bond acceptors (Lipinski definition) is 9. The van der Waals surface area contributed by atoms with E-state index < -0.39 is 5.97 Å². The van der Waals surface area contributed by atoms with E-state index in [-0.39, 0.29) is 50.8 Å². The highest BCUT2D eigenvalue weighted by molar-refractivity contribution is 5.96. The Morgan fingerprint density at radius 2 is 1.33 bits per heavy atom. The van der Waals surface area contributed by atoms with Crippen LogP contribution in [0.1, 0.15) is 36.0 Å². The van der Waals surface area contributed by atoms with Crippen LogP contribution in [-0.2, 0) is 44.6 Å². The molecule has 43 heavy (non-hydrogen) atoms. The van der Waals surface area contributed by atoms with Crippen LogP contribution in [0.3, 0.4) is 0 Å². The fraction of sp³-hybridized carbons (Fsp3) is 0.469. The first-order valence-corrected chi connectivity index (χ1v) is 14.5. The van der Waals surface area contributed by atoms with E-state index in [4.69, 9.17) is 29.4 Å². The molecule has 1 heterocycles. The van der Waals surface area contributed by atoms with Gasteiger partial charge in [-0.2, -0.15) is 0 Å². The Hall–Kier alpha value is -3.79. The van der Waals surface area contributed by atoms with Crippen molar-refractivity contribution in [3.8, 4) is 11.8 Å². The molecular weight excluding hydrogens is 554 g/mol. The van der Waals surface area contributed by atoms with Crippen LogP contribution < -0.4 is 16.0 Å². The summed E-state index contributed by atoms with van der Waals surface area (Å²) in [7, 11) is 0. The number of hydrogen-bond donors (Lipinski definition) is 2. The summed E-state index contributed by atoms with van der Waals surface area (Å²) in [6.45, 7) is 4.43. The molecule has 0 aromatic heterocycles. The maximum absolute atomic E-state index is 13.2. The number of para-hydroxylation sites is 1. The van der Waals surface area contributed by atoms with Gasteiger partial charge in [-0.3, -0.25) is 14.4 Å². The summed E-state index contributed by atoms with van der Waals surface area (Å²) in [4.78, 5) is 39.1. The summed E-state index contributed by atoms with van der Waals surface area (Å²) < 4.78 is 26.4. The molecule has 2 aromatic carbocycles. The van der Waals surface area contributed by atoms with Crippen LogP contribution in [0.2, 0.25) is 0 Å². The molecule has 0 fully saturated rings. The number of nitrogens with zero attached hydrogens (tertiary/aromatic N) is 1. The van der Waals surface area contributed by atoms with Gasteiger partial charge < -0.3 is 39.6 Å². The van der Waals surface area contributed by atoms with Crippen molar-refractivity contribution in [3.05, 3.63) is 65.2 Å². The number of carbonyl (C=O) groups excluding carboxylic acids is 3. The Morgan fingerprint density at radius 1 is 0.721 bits per heavy atom. The van der Waals surface area contributed by atoms with Crippen LogP contribution in [0.4, 0.5) is 5.69 Å². The van der Waals surface area contributed by atoms with Crippen molar-refractivity contribution >= 4 is 23.5 Å². The monoisotopic (exact) mass is 595 g/mol. The summed E-state index contributed by atoms with van der Waals surface area (Å²) >= 11 is 0. The third kappa shape index (κ3) is 12.9. The SMILES string of the molecule is NCCOCCOCCOCCOCCC(=O)OCCNC(=O)CCC(=O)N1Cc2ccccc2C#Cc2ccccc21. The van der Waals surface area contributed by atoms with Crippen molar-refractivity contribution in [2.75, 3.05) is 77.5 Å². The molecule has 1 aliphatic rings. The first-order chi connectivity index (χ1) is 21.1. The van der Waals surface area contributed by atoms with Gasteiger partial charge in [0.1, 0.15) is 6.61 Å². The predicted molar refractivity (Wildman–Crippen MR) is 160 cm³/mol. The van der Waals surface area contributed by atoms with E-state index in [0.717, 1.165) is 22.4 Å². The molecule has 2 aromatic rings. The fourth-order valence-electron chi connectivity index (χ4n) is 4.08. The second kappa shape index (κ2) is 20.2. The van der Waals surface area contributed by atoms with Crippen LogP contribution in [-0.4, -0.2) is 90.3 Å². The van der Waals surface area contributed by atoms with Gasteiger partial charge in [-0.05, 0) is 23.8 Å². The van der Waals surface area contributed by atoms with Gasteiger partial charge in [-0.25, -0.2) is 0 Å². The number of nitrogens with one attached hydrogen (secondary N) is 1. The van der Waals surface area contributed by atoms with E-state index in [2.05, 4.69) is 17.2 Å². The highest BCUT2D eigenvalue weighted by Gasteiger charge is 2.21. The lowest BCUT2D eigenvalue weighted by molar-refractivity contribution is -0.145. The zero-order chi connectivity index (χ0) is 30.5. The molecule has 1 aliphatic heterocycles. The Balaban J connectivity index is 1.23. The van der Waals surface area contributed by atoms with Crippen molar-refractivity contribution in [2.45, 2.75) is 25.8 Å². The van der Waals surface area contributed by atoms with Crippen molar-refractivity contribution in [1.29, 1.82) is 0 Å². The second-order valence-corrected chi connectivity index (χ2v) is 9.46. The smallest absolute Gasteiger partial charge is 0.308 e. The zero-order valence-electron chi connectivity index (χ0n) is 24.5. The molecule has 11 nitrogen and oxygen atoms in total. The van der Waals surface area contributed by atoms with Gasteiger partial charge in [0, 0.05) is 30.5 Å². The molecule has 0 saturated carbocycles. The van der Waals surface area contributed by atoms with Crippen molar-refractivity contribution < 1.29 is 38.1 Å². The van der Waals surface area contributed by atoms with E-state index in [1.165, 1.54) is 0 Å². The lowest BCUT2D eigenvalue weighted by Gasteiger charge is -2.26. The van der Waals surface area contributed by atoms with E-state index in [1.807, 2.05) is 48.5 Å². The van der Waals surface area contributed by atoms with Crippen molar-refractivity contribution in [1.82, 2.24) is 5.32 Å². The van der Waals surface area contributed by atoms with Gasteiger partial charge in [-0.15, -0.1) is 0 Å². The van der Waals surface area contributed by atoms with Crippen LogP contribution in [0, 0.1) is 11.8 Å². The number of benzene rings is 2. The normalized spacial score (nSPS) is 11.8. The van der Waals surface area contributed by atoms with E-state index in [9.17, 15) is 14.4 Å². The Bertz CT molecular complexity index is 1230. The minimum Gasteiger partial charge on any atom is -0.464 e. The van der Waals surface area contributed by atoms with Gasteiger partial charge in [0.25, 0.3) is 0 Å². The van der Waals surface area contributed by atoms with Crippen LogP contribution in [0.15, 0.2) is 48.5 Å². The molecule has 0 bridgehead atoms. The summed E-state index contributed by atoms with van der Waals surface area (Å²) in [5, 5.41) is 2.69. The minimum absolute atomic E-state index is 0.0179. The summed E-state index contributed by atoms with van der Waals surface area (Å²) in [6.07, 6.45) is 0.150. The number of anilines is 1. The minimum atomic E-state index is -0.422. The third-order valence-corrected chi connectivity index (χ3v) is 6.26. The topological polar surface area (TPSA) is 139 Å². The largest absolute Gasteiger partial charge is 0.464 e. The quantitative estimate of drug-likeness (QED) is 0.133. The lowest BCUT2D eigenvalue weighted by atomic mass is 10.0. The second-order valence-electron chi connectivity index (χ2n) is 9.46. The highest BCUT2D eigenvalue weighted by atomic mass is 16.6. The molecule has 0 spiro atoms. The molecule has 232 valence electrons. The van der Waals surface area contributed by atoms with Crippen LogP contribution >= 0.6 is 0 Å². The van der Waals surface area contributed by atoms with Crippen molar-refractivity contribution in [3.63, 3.8) is 0 Å². The molecule has 0 atom stereocenters. The molecule has 0 radical (unpaired) electrons. The first-order valence-electron chi connectivity index (χ1n) is 14.5. The number of ether oxygens (including phenoxy) is 5. The van der Waals surface area contributed by atoms with Crippen LogP contribution in [0.25, 0.3) is 0 Å². The molecule has 2 amide bonds. The summed E-state index contributed by atoms with van der Waals surface area (Å²) in [5.74, 6) is 5.47. The fourth-order valence-corrected chi connectivity index (χ4v) is 4.08. The number of esters is 1.